The van der Waals surface area contributed by atoms with Crippen molar-refractivity contribution in [1.29, 1.82) is 0 Å². The molecule has 0 saturated carbocycles. The normalized spacial score (nSPS) is 11.7. The molecule has 0 heterocycles. The van der Waals surface area contributed by atoms with Crippen LogP contribution in [0.25, 0.3) is 0 Å². The molecule has 0 aromatic heterocycles. The molecule has 7 heteroatoms. The highest BCUT2D eigenvalue weighted by Crippen LogP contribution is 2.24. The Morgan fingerprint density at radius 1 is 1.27 bits per heavy atom. The van der Waals surface area contributed by atoms with Crippen molar-refractivity contribution in [1.82, 2.24) is 4.72 Å². The Morgan fingerprint density at radius 3 is 2.47 bits per heavy atom. The first-order chi connectivity index (χ1) is 6.97. The Balaban J connectivity index is 3.00. The lowest BCUT2D eigenvalue weighted by atomic mass is 10.4. The van der Waals surface area contributed by atoms with Crippen molar-refractivity contribution in [3.8, 4) is 0 Å². The zero-order valence-electron chi connectivity index (χ0n) is 7.70. The minimum absolute atomic E-state index is 0.0744. The van der Waals surface area contributed by atoms with Gasteiger partial charge in [-0.2, -0.15) is 0 Å². The fraction of sp³-hybridized carbons (Fsp3) is 0.250. The van der Waals surface area contributed by atoms with Gasteiger partial charge in [-0.25, -0.2) is 13.1 Å². The number of halogens is 2. The van der Waals surface area contributed by atoms with Gasteiger partial charge in [-0.05, 0) is 18.2 Å². The third-order valence-corrected chi connectivity index (χ3v) is 3.84. The van der Waals surface area contributed by atoms with Crippen molar-refractivity contribution in [2.45, 2.75) is 4.90 Å². The summed E-state index contributed by atoms with van der Waals surface area (Å²) < 4.78 is 25.5. The first kappa shape index (κ1) is 12.7. The van der Waals surface area contributed by atoms with Gasteiger partial charge < -0.3 is 5.73 Å². The maximum Gasteiger partial charge on any atom is 0.240 e. The van der Waals surface area contributed by atoms with E-state index < -0.39 is 10.0 Å². The minimum atomic E-state index is -3.53. The van der Waals surface area contributed by atoms with Crippen molar-refractivity contribution in [3.63, 3.8) is 0 Å². The van der Waals surface area contributed by atoms with Crippen LogP contribution in [0.4, 0.5) is 0 Å². The molecule has 3 N–H and O–H groups in total. The van der Waals surface area contributed by atoms with Crippen molar-refractivity contribution >= 4 is 33.2 Å². The van der Waals surface area contributed by atoms with E-state index in [1.54, 1.807) is 0 Å². The molecule has 1 rings (SSSR count). The molecule has 0 fully saturated rings. The number of hydrogen-bond donors (Lipinski definition) is 2. The topological polar surface area (TPSA) is 72.2 Å². The van der Waals surface area contributed by atoms with Gasteiger partial charge in [0.1, 0.15) is 0 Å². The van der Waals surface area contributed by atoms with Gasteiger partial charge in [0, 0.05) is 13.1 Å². The van der Waals surface area contributed by atoms with E-state index in [4.69, 9.17) is 28.9 Å². The average molecular weight is 269 g/mol. The predicted molar refractivity (Wildman–Crippen MR) is 60.7 cm³/mol. The SMILES string of the molecule is NCCNS(=O)(=O)c1ccc(Cl)c(Cl)c1. The molecular formula is C8H10Cl2N2O2S. The van der Waals surface area contributed by atoms with Crippen LogP contribution in [-0.2, 0) is 10.0 Å². The van der Waals surface area contributed by atoms with E-state index in [2.05, 4.69) is 4.72 Å². The number of benzene rings is 1. The Morgan fingerprint density at radius 2 is 1.93 bits per heavy atom. The quantitative estimate of drug-likeness (QED) is 0.863. The second kappa shape index (κ2) is 5.14. The van der Waals surface area contributed by atoms with E-state index in [1.807, 2.05) is 0 Å². The van der Waals surface area contributed by atoms with Gasteiger partial charge in [0.2, 0.25) is 10.0 Å². The molecule has 0 bridgehead atoms. The lowest BCUT2D eigenvalue weighted by Crippen LogP contribution is -2.29. The van der Waals surface area contributed by atoms with Gasteiger partial charge in [0.05, 0.1) is 14.9 Å². The largest absolute Gasteiger partial charge is 0.329 e. The number of rotatable bonds is 4. The fourth-order valence-corrected chi connectivity index (χ4v) is 2.36. The highest BCUT2D eigenvalue weighted by Gasteiger charge is 2.14. The standard InChI is InChI=1S/C8H10Cl2N2O2S/c9-7-2-1-6(5-8(7)10)15(13,14)12-4-3-11/h1-2,5,12H,3-4,11H2. The Hall–Kier alpha value is -0.330. The smallest absolute Gasteiger partial charge is 0.240 e. The molecule has 0 aliphatic rings. The highest BCUT2D eigenvalue weighted by molar-refractivity contribution is 7.89. The van der Waals surface area contributed by atoms with E-state index in [0.717, 1.165) is 0 Å². The van der Waals surface area contributed by atoms with Crippen LogP contribution in [0.3, 0.4) is 0 Å². The van der Waals surface area contributed by atoms with E-state index in [-0.39, 0.29) is 23.0 Å². The van der Waals surface area contributed by atoms with Crippen molar-refractivity contribution in [2.75, 3.05) is 13.1 Å². The van der Waals surface area contributed by atoms with Gasteiger partial charge in [0.25, 0.3) is 0 Å². The number of nitrogens with one attached hydrogen (secondary N) is 1. The summed E-state index contributed by atoms with van der Waals surface area (Å²) in [5.74, 6) is 0. The van der Waals surface area contributed by atoms with E-state index in [1.165, 1.54) is 18.2 Å². The highest BCUT2D eigenvalue weighted by atomic mass is 35.5. The number of sulfonamides is 1. The molecule has 0 spiro atoms. The molecule has 0 atom stereocenters. The van der Waals surface area contributed by atoms with Crippen LogP contribution in [-0.4, -0.2) is 21.5 Å². The lowest BCUT2D eigenvalue weighted by Gasteiger charge is -2.06. The molecular weight excluding hydrogens is 259 g/mol. The summed E-state index contributed by atoms with van der Waals surface area (Å²) >= 11 is 11.4. The summed E-state index contributed by atoms with van der Waals surface area (Å²) in [6.45, 7) is 0.420. The van der Waals surface area contributed by atoms with Gasteiger partial charge in [-0.1, -0.05) is 23.2 Å². The predicted octanol–water partition coefficient (Wildman–Crippen LogP) is 1.23. The van der Waals surface area contributed by atoms with Crippen LogP contribution < -0.4 is 10.5 Å². The minimum Gasteiger partial charge on any atom is -0.329 e. The molecule has 0 unspecified atom stereocenters. The van der Waals surface area contributed by atoms with Crippen LogP contribution in [0, 0.1) is 0 Å². The van der Waals surface area contributed by atoms with Gasteiger partial charge in [-0.15, -0.1) is 0 Å². The monoisotopic (exact) mass is 268 g/mol. The Labute approximate surface area is 98.4 Å². The van der Waals surface area contributed by atoms with Crippen molar-refractivity contribution in [3.05, 3.63) is 28.2 Å². The summed E-state index contributed by atoms with van der Waals surface area (Å²) in [6.07, 6.45) is 0. The fourth-order valence-electron chi connectivity index (χ4n) is 0.921. The molecule has 0 radical (unpaired) electrons. The summed E-state index contributed by atoms with van der Waals surface area (Å²) in [5, 5.41) is 0.515. The number of nitrogens with two attached hydrogens (primary N) is 1. The zero-order valence-corrected chi connectivity index (χ0v) is 10.0. The summed E-state index contributed by atoms with van der Waals surface area (Å²) in [4.78, 5) is 0.0744. The number of hydrogen-bond acceptors (Lipinski definition) is 3. The summed E-state index contributed by atoms with van der Waals surface area (Å²) in [6, 6.07) is 4.11. The van der Waals surface area contributed by atoms with Crippen LogP contribution in [0.1, 0.15) is 0 Å². The third kappa shape index (κ3) is 3.32. The second-order valence-corrected chi connectivity index (χ2v) is 5.34. The molecule has 0 saturated heterocycles. The molecule has 4 nitrogen and oxygen atoms in total. The van der Waals surface area contributed by atoms with E-state index in [9.17, 15) is 8.42 Å². The Kier molecular flexibility index (Phi) is 4.36. The average Bonchev–Trinajstić information content (AvgIpc) is 2.19. The van der Waals surface area contributed by atoms with Crippen molar-refractivity contribution < 1.29 is 8.42 Å². The molecule has 0 aliphatic heterocycles. The van der Waals surface area contributed by atoms with Crippen LogP contribution in [0.2, 0.25) is 10.0 Å². The molecule has 0 amide bonds. The van der Waals surface area contributed by atoms with E-state index >= 15 is 0 Å². The van der Waals surface area contributed by atoms with Crippen LogP contribution >= 0.6 is 23.2 Å². The summed E-state index contributed by atoms with van der Waals surface area (Å²) in [5.41, 5.74) is 5.19. The Bertz CT molecular complexity index is 448. The van der Waals surface area contributed by atoms with Gasteiger partial charge in [-0.3, -0.25) is 0 Å². The second-order valence-electron chi connectivity index (χ2n) is 2.76. The zero-order chi connectivity index (χ0) is 11.5. The van der Waals surface area contributed by atoms with Gasteiger partial charge in [0.15, 0.2) is 0 Å². The molecule has 84 valence electrons. The molecule has 0 aliphatic carbocycles. The molecule has 1 aromatic rings. The molecule has 15 heavy (non-hydrogen) atoms. The maximum absolute atomic E-state index is 11.6. The summed E-state index contributed by atoms with van der Waals surface area (Å²) in [7, 11) is -3.53. The van der Waals surface area contributed by atoms with Crippen molar-refractivity contribution in [2.24, 2.45) is 5.73 Å². The maximum atomic E-state index is 11.6. The lowest BCUT2D eigenvalue weighted by molar-refractivity contribution is 0.582. The van der Waals surface area contributed by atoms with E-state index in [0.29, 0.717) is 5.02 Å². The van der Waals surface area contributed by atoms with Gasteiger partial charge >= 0.3 is 0 Å². The first-order valence-electron chi connectivity index (χ1n) is 4.12. The third-order valence-electron chi connectivity index (χ3n) is 1.64. The molecule has 1 aromatic carbocycles. The van der Waals surface area contributed by atoms with Crippen LogP contribution in [0.5, 0.6) is 0 Å². The van der Waals surface area contributed by atoms with Crippen LogP contribution in [0.15, 0.2) is 23.1 Å². The first-order valence-corrected chi connectivity index (χ1v) is 6.36.